The summed E-state index contributed by atoms with van der Waals surface area (Å²) >= 11 is 0. The van der Waals surface area contributed by atoms with E-state index in [-0.39, 0.29) is 0 Å². The lowest BCUT2D eigenvalue weighted by Crippen LogP contribution is -1.98. The number of methoxy groups -OCH3 is 1. The zero-order valence-electron chi connectivity index (χ0n) is 7.14. The summed E-state index contributed by atoms with van der Waals surface area (Å²) in [4.78, 5) is 16.3. The molecule has 0 amide bonds. The molecule has 0 aliphatic rings. The molecule has 0 bridgehead atoms. The van der Waals surface area contributed by atoms with Crippen LogP contribution in [0.2, 0.25) is 0 Å². The van der Waals surface area contributed by atoms with E-state index in [1.54, 1.807) is 25.7 Å². The predicted octanol–water partition coefficient (Wildman–Crippen LogP) is 0.566. The summed E-state index contributed by atoms with van der Waals surface area (Å²) in [6, 6.07) is 0. The summed E-state index contributed by atoms with van der Waals surface area (Å²) in [5.41, 5.74) is 1.30. The Labute approximate surface area is 74.8 Å². The Morgan fingerprint density at radius 1 is 1.23 bits per heavy atom. The van der Waals surface area contributed by atoms with Crippen LogP contribution in [0.4, 0.5) is 0 Å². The molecule has 0 atom stereocenters. The average molecular weight is 176 g/mol. The minimum absolute atomic E-state index is 0.395. The van der Waals surface area contributed by atoms with Crippen LogP contribution in [0.25, 0.3) is 11.2 Å². The second kappa shape index (κ2) is 3.40. The van der Waals surface area contributed by atoms with Crippen molar-refractivity contribution in [2.24, 2.45) is 0 Å². The molecule has 0 N–H and O–H groups in total. The number of ether oxygens (including phenoxy) is 1. The van der Waals surface area contributed by atoms with E-state index in [1.807, 2.05) is 0 Å². The lowest BCUT2D eigenvalue weighted by atomic mass is 10.5. The molecule has 0 radical (unpaired) electrons. The van der Waals surface area contributed by atoms with Gasteiger partial charge in [-0.05, 0) is 0 Å². The standard InChI is InChI=1S/C8H8N4O/c1-13-5-7-11-4-6-8(12-7)10-3-2-9-6/h2-4H,5H2,1H3. The third-order valence-electron chi connectivity index (χ3n) is 1.55. The van der Waals surface area contributed by atoms with E-state index in [0.29, 0.717) is 23.6 Å². The Bertz CT molecular complexity index is 418. The molecule has 0 aliphatic heterocycles. The van der Waals surface area contributed by atoms with E-state index >= 15 is 0 Å². The maximum Gasteiger partial charge on any atom is 0.181 e. The second-order valence-corrected chi connectivity index (χ2v) is 2.48. The van der Waals surface area contributed by atoms with Crippen LogP contribution in [0.3, 0.4) is 0 Å². The first-order valence-electron chi connectivity index (χ1n) is 3.82. The van der Waals surface area contributed by atoms with Crippen LogP contribution in [0.1, 0.15) is 5.82 Å². The molecule has 2 aromatic rings. The topological polar surface area (TPSA) is 60.8 Å². The lowest BCUT2D eigenvalue weighted by Gasteiger charge is -1.98. The Kier molecular flexibility index (Phi) is 2.09. The van der Waals surface area contributed by atoms with Gasteiger partial charge in [0.2, 0.25) is 0 Å². The van der Waals surface area contributed by atoms with Gasteiger partial charge in [-0.25, -0.2) is 19.9 Å². The van der Waals surface area contributed by atoms with Gasteiger partial charge in [-0.2, -0.15) is 0 Å². The van der Waals surface area contributed by atoms with Gasteiger partial charge in [-0.1, -0.05) is 0 Å². The molecule has 2 aromatic heterocycles. The molecule has 66 valence electrons. The van der Waals surface area contributed by atoms with Crippen LogP contribution < -0.4 is 0 Å². The molecule has 0 unspecified atom stereocenters. The van der Waals surface area contributed by atoms with Crippen LogP contribution in [-0.4, -0.2) is 27.0 Å². The SMILES string of the molecule is COCc1ncc2nccnc2n1. The van der Waals surface area contributed by atoms with Crippen LogP contribution in [0, 0.1) is 0 Å². The molecular formula is C8H8N4O. The van der Waals surface area contributed by atoms with Gasteiger partial charge in [0.25, 0.3) is 0 Å². The molecule has 0 aromatic carbocycles. The van der Waals surface area contributed by atoms with Crippen LogP contribution >= 0.6 is 0 Å². The molecule has 13 heavy (non-hydrogen) atoms. The number of aromatic nitrogens is 4. The molecule has 2 heterocycles. The zero-order chi connectivity index (χ0) is 9.10. The van der Waals surface area contributed by atoms with Crippen molar-refractivity contribution in [1.29, 1.82) is 0 Å². The second-order valence-electron chi connectivity index (χ2n) is 2.48. The monoisotopic (exact) mass is 176 g/mol. The Hall–Kier alpha value is -1.62. The maximum atomic E-state index is 4.90. The first-order valence-corrected chi connectivity index (χ1v) is 3.82. The molecule has 0 aliphatic carbocycles. The first kappa shape index (κ1) is 8.00. The van der Waals surface area contributed by atoms with Crippen molar-refractivity contribution in [3.8, 4) is 0 Å². The molecule has 2 rings (SSSR count). The fourth-order valence-electron chi connectivity index (χ4n) is 1.00. The Morgan fingerprint density at radius 3 is 2.92 bits per heavy atom. The molecular weight excluding hydrogens is 168 g/mol. The van der Waals surface area contributed by atoms with Gasteiger partial charge < -0.3 is 4.74 Å². The van der Waals surface area contributed by atoms with Gasteiger partial charge in [0.15, 0.2) is 11.5 Å². The van der Waals surface area contributed by atoms with Gasteiger partial charge in [-0.3, -0.25) is 0 Å². The molecule has 5 heteroatoms. The van der Waals surface area contributed by atoms with Crippen molar-refractivity contribution in [1.82, 2.24) is 19.9 Å². The van der Waals surface area contributed by atoms with Crippen LogP contribution in [-0.2, 0) is 11.3 Å². The largest absolute Gasteiger partial charge is 0.377 e. The Balaban J connectivity index is 2.49. The number of rotatable bonds is 2. The number of hydrogen-bond donors (Lipinski definition) is 0. The summed E-state index contributed by atoms with van der Waals surface area (Å²) < 4.78 is 4.90. The number of nitrogens with zero attached hydrogens (tertiary/aromatic N) is 4. The fourth-order valence-corrected chi connectivity index (χ4v) is 1.00. The maximum absolute atomic E-state index is 4.90. The molecule has 0 spiro atoms. The molecule has 0 saturated heterocycles. The summed E-state index contributed by atoms with van der Waals surface area (Å²) in [5.74, 6) is 0.621. The van der Waals surface area contributed by atoms with Crippen molar-refractivity contribution in [3.63, 3.8) is 0 Å². The van der Waals surface area contributed by atoms with E-state index in [9.17, 15) is 0 Å². The van der Waals surface area contributed by atoms with E-state index in [0.717, 1.165) is 0 Å². The quantitative estimate of drug-likeness (QED) is 0.669. The number of fused-ring (bicyclic) bond motifs is 1. The van der Waals surface area contributed by atoms with Gasteiger partial charge >= 0.3 is 0 Å². The van der Waals surface area contributed by atoms with Gasteiger partial charge in [0, 0.05) is 19.5 Å². The normalized spacial score (nSPS) is 10.5. The minimum atomic E-state index is 0.395. The molecule has 5 nitrogen and oxygen atoms in total. The van der Waals surface area contributed by atoms with Gasteiger partial charge in [0.1, 0.15) is 12.1 Å². The van der Waals surface area contributed by atoms with E-state index in [1.165, 1.54) is 0 Å². The zero-order valence-corrected chi connectivity index (χ0v) is 7.14. The van der Waals surface area contributed by atoms with Gasteiger partial charge in [0.05, 0.1) is 6.20 Å². The van der Waals surface area contributed by atoms with Gasteiger partial charge in [-0.15, -0.1) is 0 Å². The van der Waals surface area contributed by atoms with Crippen LogP contribution in [0.15, 0.2) is 18.6 Å². The lowest BCUT2D eigenvalue weighted by molar-refractivity contribution is 0.178. The fraction of sp³-hybridized carbons (Fsp3) is 0.250. The summed E-state index contributed by atoms with van der Waals surface area (Å²) in [7, 11) is 1.60. The van der Waals surface area contributed by atoms with Crippen molar-refractivity contribution < 1.29 is 4.74 Å². The summed E-state index contributed by atoms with van der Waals surface area (Å²) in [6.45, 7) is 0.395. The van der Waals surface area contributed by atoms with Crippen molar-refractivity contribution >= 4 is 11.2 Å². The number of hydrogen-bond acceptors (Lipinski definition) is 5. The summed E-state index contributed by atoms with van der Waals surface area (Å²) in [6.07, 6.45) is 4.86. The van der Waals surface area contributed by atoms with Crippen molar-refractivity contribution in [3.05, 3.63) is 24.4 Å². The van der Waals surface area contributed by atoms with E-state index in [2.05, 4.69) is 19.9 Å². The highest BCUT2D eigenvalue weighted by molar-refractivity contribution is 5.67. The average Bonchev–Trinajstić information content (AvgIpc) is 2.18. The highest BCUT2D eigenvalue weighted by Gasteiger charge is 1.99. The minimum Gasteiger partial charge on any atom is -0.377 e. The summed E-state index contributed by atoms with van der Waals surface area (Å²) in [5, 5.41) is 0. The highest BCUT2D eigenvalue weighted by Crippen LogP contribution is 2.03. The van der Waals surface area contributed by atoms with E-state index < -0.39 is 0 Å². The van der Waals surface area contributed by atoms with Crippen molar-refractivity contribution in [2.45, 2.75) is 6.61 Å². The predicted molar refractivity (Wildman–Crippen MR) is 45.8 cm³/mol. The van der Waals surface area contributed by atoms with Crippen LogP contribution in [0.5, 0.6) is 0 Å². The highest BCUT2D eigenvalue weighted by atomic mass is 16.5. The Morgan fingerprint density at radius 2 is 2.08 bits per heavy atom. The third-order valence-corrected chi connectivity index (χ3v) is 1.55. The third kappa shape index (κ3) is 1.59. The van der Waals surface area contributed by atoms with Crippen molar-refractivity contribution in [2.75, 3.05) is 7.11 Å². The smallest absolute Gasteiger partial charge is 0.181 e. The first-order chi connectivity index (χ1) is 6.40. The van der Waals surface area contributed by atoms with E-state index in [4.69, 9.17) is 4.74 Å². The molecule has 0 fully saturated rings. The molecule has 0 saturated carbocycles.